The van der Waals surface area contributed by atoms with Crippen LogP contribution in [0, 0.1) is 47.3 Å². The van der Waals surface area contributed by atoms with Gasteiger partial charge in [-0.3, -0.25) is 9.36 Å². The fraction of sp³-hybridized carbons (Fsp3) is 0.864. The summed E-state index contributed by atoms with van der Waals surface area (Å²) in [5.74, 6) is 6.30. The predicted octanol–water partition coefficient (Wildman–Crippen LogP) is 15.9. The van der Waals surface area contributed by atoms with Crippen molar-refractivity contribution in [1.29, 1.82) is 0 Å². The number of aryl methyl sites for hydroxylation is 8. The first-order valence-electron chi connectivity index (χ1n) is 29.4. The average molecular weight is 992 g/mol. The maximum atomic E-state index is 4.22. The molecule has 0 saturated carbocycles. The number of rotatable bonds is 35. The van der Waals surface area contributed by atoms with Gasteiger partial charge >= 0.3 is 0 Å². The van der Waals surface area contributed by atoms with E-state index in [9.17, 15) is 0 Å². The summed E-state index contributed by atoms with van der Waals surface area (Å²) in [4.78, 5) is 0. The number of aromatic nitrogens is 12. The number of hydrogen-bond donors (Lipinski definition) is 0. The van der Waals surface area contributed by atoms with Gasteiger partial charge in [-0.2, -0.15) is 0 Å². The van der Waals surface area contributed by atoms with Gasteiger partial charge in [-0.15, -0.1) is 20.4 Å². The van der Waals surface area contributed by atoms with Crippen molar-refractivity contribution in [1.82, 2.24) is 60.0 Å². The molecule has 4 heterocycles. The average Bonchev–Trinajstić information content (AvgIpc) is 4.13. The van der Waals surface area contributed by atoms with Crippen molar-refractivity contribution in [3.8, 4) is 0 Å². The van der Waals surface area contributed by atoms with Crippen molar-refractivity contribution < 1.29 is 0 Å². The largest absolute Gasteiger partial charge is 0.252 e. The minimum atomic E-state index is 0.730. The van der Waals surface area contributed by atoms with Crippen molar-refractivity contribution in [3.05, 3.63) is 47.6 Å². The first-order chi connectivity index (χ1) is 33.8. The Morgan fingerprint density at radius 1 is 0.310 bits per heavy atom. The van der Waals surface area contributed by atoms with Gasteiger partial charge in [0.2, 0.25) is 0 Å². The van der Waals surface area contributed by atoms with Crippen LogP contribution in [0.5, 0.6) is 0 Å². The number of nitrogens with zero attached hydrogens (tertiary/aromatic N) is 12. The summed E-state index contributed by atoms with van der Waals surface area (Å²) in [6.07, 6.45) is 36.8. The SMILES string of the molecule is CC(C)CCCCCc1cnnn1CCCC(C)C.CC(C)CCCCCc1cnnn1CCCC(C)C.CC(C)CCCCc1cn(CCC(C)C)nn1.CC(C)CCCn1cc(CCC(C)C)nn1. The van der Waals surface area contributed by atoms with E-state index in [2.05, 4.69) is 174 Å². The third-order valence-corrected chi connectivity index (χ3v) is 12.8. The molecule has 0 saturated heterocycles. The third kappa shape index (κ3) is 37.9. The number of hydrogen-bond acceptors (Lipinski definition) is 8. The highest BCUT2D eigenvalue weighted by atomic mass is 15.4. The Kier molecular flexibility index (Phi) is 37.8. The molecule has 0 unspecified atom stereocenters. The topological polar surface area (TPSA) is 123 Å². The van der Waals surface area contributed by atoms with Crippen LogP contribution in [0.2, 0.25) is 0 Å². The molecule has 0 aliphatic rings. The third-order valence-electron chi connectivity index (χ3n) is 12.8. The zero-order valence-electron chi connectivity index (χ0n) is 49.4. The lowest BCUT2D eigenvalue weighted by atomic mass is 10.0. The molecule has 410 valence electrons. The van der Waals surface area contributed by atoms with Gasteiger partial charge in [-0.05, 0) is 144 Å². The summed E-state index contributed by atoms with van der Waals surface area (Å²) in [5.41, 5.74) is 4.91. The van der Waals surface area contributed by atoms with E-state index in [1.807, 2.05) is 21.8 Å². The Hall–Kier alpha value is -3.44. The van der Waals surface area contributed by atoms with Crippen LogP contribution in [0.3, 0.4) is 0 Å². The van der Waals surface area contributed by atoms with Crippen LogP contribution >= 0.6 is 0 Å². The molecule has 4 aromatic rings. The first kappa shape index (κ1) is 65.6. The van der Waals surface area contributed by atoms with Crippen LogP contribution < -0.4 is 0 Å². The summed E-state index contributed by atoms with van der Waals surface area (Å²) < 4.78 is 8.17. The van der Waals surface area contributed by atoms with Crippen LogP contribution in [0.4, 0.5) is 0 Å². The van der Waals surface area contributed by atoms with Gasteiger partial charge in [-0.1, -0.05) is 183 Å². The molecular formula is C59H114N12. The smallest absolute Gasteiger partial charge is 0.0827 e. The molecule has 0 aliphatic carbocycles. The monoisotopic (exact) mass is 991 g/mol. The van der Waals surface area contributed by atoms with Crippen molar-refractivity contribution in [3.63, 3.8) is 0 Å². The highest BCUT2D eigenvalue weighted by molar-refractivity contribution is 4.95. The molecule has 12 heteroatoms. The maximum absolute atomic E-state index is 4.22. The van der Waals surface area contributed by atoms with Crippen LogP contribution in [0.1, 0.15) is 256 Å². The van der Waals surface area contributed by atoms with E-state index in [0.29, 0.717) is 0 Å². The van der Waals surface area contributed by atoms with Crippen LogP contribution in [-0.4, -0.2) is 60.0 Å². The van der Waals surface area contributed by atoms with E-state index >= 15 is 0 Å². The molecule has 0 aliphatic heterocycles. The fourth-order valence-electron chi connectivity index (χ4n) is 8.16. The van der Waals surface area contributed by atoms with Gasteiger partial charge in [0.15, 0.2) is 0 Å². The molecule has 0 fully saturated rings. The molecule has 4 rings (SSSR count). The predicted molar refractivity (Wildman–Crippen MR) is 301 cm³/mol. The summed E-state index contributed by atoms with van der Waals surface area (Å²) in [6.45, 7) is 40.4. The molecule has 0 amide bonds. The second-order valence-electron chi connectivity index (χ2n) is 24.2. The van der Waals surface area contributed by atoms with Gasteiger partial charge in [0, 0.05) is 38.6 Å². The fourth-order valence-corrected chi connectivity index (χ4v) is 8.16. The second kappa shape index (κ2) is 41.0. The van der Waals surface area contributed by atoms with Crippen molar-refractivity contribution in [2.75, 3.05) is 0 Å². The van der Waals surface area contributed by atoms with Gasteiger partial charge in [0.25, 0.3) is 0 Å². The minimum Gasteiger partial charge on any atom is -0.252 e. The van der Waals surface area contributed by atoms with Crippen LogP contribution in [-0.2, 0) is 51.9 Å². The molecule has 0 radical (unpaired) electrons. The van der Waals surface area contributed by atoms with Gasteiger partial charge in [0.1, 0.15) is 0 Å². The molecule has 71 heavy (non-hydrogen) atoms. The van der Waals surface area contributed by atoms with E-state index in [-0.39, 0.29) is 0 Å². The van der Waals surface area contributed by atoms with Crippen molar-refractivity contribution >= 4 is 0 Å². The lowest BCUT2D eigenvalue weighted by molar-refractivity contribution is 0.468. The quantitative estimate of drug-likeness (QED) is 0.0418. The Morgan fingerprint density at radius 3 is 1.06 bits per heavy atom. The standard InChI is InChI=1S/2C16H31N3.C14H27N3.C13H25N3/c2*1-14(2)9-6-5-7-11-16-13-17-18-19(16)12-8-10-15(3)4;1-12(2)7-5-6-8-14-11-17(16-15-14)10-9-13(3)4;1-11(2)6-5-9-16-10-13(14-15-16)8-7-12(3)4/h2*13-15H,5-12H2,1-4H3;11-13H,5-10H2,1-4H3;10-12H,5-9H2,1-4H3. The normalized spacial score (nSPS) is 11.7. The lowest BCUT2D eigenvalue weighted by Crippen LogP contribution is -2.06. The Balaban J connectivity index is 0.000000474. The maximum Gasteiger partial charge on any atom is 0.0827 e. The van der Waals surface area contributed by atoms with Crippen LogP contribution in [0.25, 0.3) is 0 Å². The highest BCUT2D eigenvalue weighted by Gasteiger charge is 2.08. The summed E-state index contributed by atoms with van der Waals surface area (Å²) in [7, 11) is 0. The minimum absolute atomic E-state index is 0.730. The summed E-state index contributed by atoms with van der Waals surface area (Å²) >= 11 is 0. The van der Waals surface area contributed by atoms with E-state index in [1.54, 1.807) is 0 Å². The molecule has 0 aromatic carbocycles. The molecule has 0 spiro atoms. The Labute approximate surface area is 437 Å². The van der Waals surface area contributed by atoms with Crippen LogP contribution in [0.15, 0.2) is 24.8 Å². The lowest BCUT2D eigenvalue weighted by Gasteiger charge is -2.08. The van der Waals surface area contributed by atoms with Gasteiger partial charge < -0.3 is 0 Å². The molecule has 0 atom stereocenters. The molecule has 0 bridgehead atoms. The van der Waals surface area contributed by atoms with E-state index in [4.69, 9.17) is 0 Å². The Morgan fingerprint density at radius 2 is 0.648 bits per heavy atom. The Bertz CT molecular complexity index is 1690. The van der Waals surface area contributed by atoms with E-state index < -0.39 is 0 Å². The molecule has 0 N–H and O–H groups in total. The molecule has 4 aromatic heterocycles. The number of unbranched alkanes of at least 4 members (excludes halogenated alkanes) is 5. The van der Waals surface area contributed by atoms with Gasteiger partial charge in [0.05, 0.1) is 35.2 Å². The summed E-state index contributed by atoms with van der Waals surface area (Å²) in [5, 5.41) is 33.3. The van der Waals surface area contributed by atoms with Crippen molar-refractivity contribution in [2.24, 2.45) is 47.3 Å². The summed E-state index contributed by atoms with van der Waals surface area (Å²) in [6, 6.07) is 0. The molecular weight excluding hydrogens is 877 g/mol. The second-order valence-corrected chi connectivity index (χ2v) is 24.2. The zero-order valence-corrected chi connectivity index (χ0v) is 49.4. The van der Waals surface area contributed by atoms with Gasteiger partial charge in [-0.25, -0.2) is 9.36 Å². The van der Waals surface area contributed by atoms with Crippen molar-refractivity contribution in [2.45, 2.75) is 285 Å². The van der Waals surface area contributed by atoms with E-state index in [0.717, 1.165) is 111 Å². The zero-order chi connectivity index (χ0) is 52.8. The first-order valence-corrected chi connectivity index (χ1v) is 29.4. The van der Waals surface area contributed by atoms with E-state index in [1.165, 1.54) is 133 Å². The highest BCUT2D eigenvalue weighted by Crippen LogP contribution is 2.15. The molecule has 12 nitrogen and oxygen atoms in total.